The van der Waals surface area contributed by atoms with Gasteiger partial charge in [-0.1, -0.05) is 19.1 Å². The Morgan fingerprint density at radius 3 is 2.29 bits per heavy atom. The summed E-state index contributed by atoms with van der Waals surface area (Å²) >= 11 is 0. The van der Waals surface area contributed by atoms with Gasteiger partial charge in [0.25, 0.3) is 0 Å². The van der Waals surface area contributed by atoms with Gasteiger partial charge in [-0.05, 0) is 55.3 Å². The van der Waals surface area contributed by atoms with Gasteiger partial charge in [0, 0.05) is 27.2 Å². The lowest BCUT2D eigenvalue weighted by Crippen LogP contribution is -2.53. The Bertz CT molecular complexity index is 1110. The van der Waals surface area contributed by atoms with Crippen LogP contribution in [-0.4, -0.2) is 69.8 Å². The number of carbonyl (C=O) groups is 2. The van der Waals surface area contributed by atoms with Crippen LogP contribution in [0.1, 0.15) is 25.8 Å². The van der Waals surface area contributed by atoms with Crippen molar-refractivity contribution in [1.29, 1.82) is 0 Å². The Labute approximate surface area is 206 Å². The topological polar surface area (TPSA) is 99.3 Å². The second-order valence-corrected chi connectivity index (χ2v) is 10.0. The highest BCUT2D eigenvalue weighted by atomic mass is 32.2. The van der Waals surface area contributed by atoms with Crippen molar-refractivity contribution < 1.29 is 27.1 Å². The summed E-state index contributed by atoms with van der Waals surface area (Å²) in [6.07, 6.45) is 0.318. The second-order valence-electron chi connectivity index (χ2n) is 7.97. The SMILES string of the molecule is CCNC(=O)C(CC)N(Cc1cccc(OC)c1)C(=O)CN(c1ccc(F)cc1)S(=O)(=O)N(C)C. The zero-order valence-corrected chi connectivity index (χ0v) is 21.5. The molecule has 2 aromatic carbocycles. The lowest BCUT2D eigenvalue weighted by atomic mass is 10.1. The van der Waals surface area contributed by atoms with Crippen molar-refractivity contribution in [1.82, 2.24) is 14.5 Å². The Morgan fingerprint density at radius 2 is 1.74 bits per heavy atom. The number of anilines is 1. The normalized spacial score (nSPS) is 12.2. The van der Waals surface area contributed by atoms with E-state index in [0.29, 0.717) is 24.3 Å². The molecule has 0 saturated carbocycles. The van der Waals surface area contributed by atoms with Crippen molar-refractivity contribution in [3.8, 4) is 5.75 Å². The zero-order chi connectivity index (χ0) is 26.2. The second kappa shape index (κ2) is 12.5. The van der Waals surface area contributed by atoms with Gasteiger partial charge in [-0.3, -0.25) is 9.59 Å². The van der Waals surface area contributed by atoms with Crippen LogP contribution in [0.5, 0.6) is 5.75 Å². The van der Waals surface area contributed by atoms with Crippen molar-refractivity contribution in [3.63, 3.8) is 0 Å². The third-order valence-electron chi connectivity index (χ3n) is 5.36. The van der Waals surface area contributed by atoms with E-state index in [-0.39, 0.29) is 18.1 Å². The fourth-order valence-corrected chi connectivity index (χ4v) is 4.56. The molecule has 0 aliphatic heterocycles. The first kappa shape index (κ1) is 28.1. The van der Waals surface area contributed by atoms with Crippen molar-refractivity contribution in [2.45, 2.75) is 32.9 Å². The molecule has 2 aromatic rings. The number of methoxy groups -OCH3 is 1. The summed E-state index contributed by atoms with van der Waals surface area (Å²) in [7, 11) is 0.105. The molecule has 0 radical (unpaired) electrons. The van der Waals surface area contributed by atoms with E-state index in [1.807, 2.05) is 0 Å². The molecule has 0 bridgehead atoms. The Kier molecular flexibility index (Phi) is 10.0. The van der Waals surface area contributed by atoms with Gasteiger partial charge in [0.15, 0.2) is 0 Å². The van der Waals surface area contributed by atoms with Gasteiger partial charge in [-0.25, -0.2) is 8.70 Å². The van der Waals surface area contributed by atoms with Crippen LogP contribution in [-0.2, 0) is 26.3 Å². The van der Waals surface area contributed by atoms with E-state index in [9.17, 15) is 22.4 Å². The number of hydrogen-bond acceptors (Lipinski definition) is 5. The summed E-state index contributed by atoms with van der Waals surface area (Å²) in [5.41, 5.74) is 0.838. The number of amides is 2. The van der Waals surface area contributed by atoms with E-state index >= 15 is 0 Å². The fourth-order valence-electron chi connectivity index (χ4n) is 3.50. The third kappa shape index (κ3) is 7.15. The molecule has 0 heterocycles. The number of likely N-dealkylation sites (N-methyl/N-ethyl adjacent to an activating group) is 1. The number of nitrogens with one attached hydrogen (secondary N) is 1. The number of carbonyl (C=O) groups excluding carboxylic acids is 2. The molecule has 0 aliphatic rings. The molecule has 192 valence electrons. The van der Waals surface area contributed by atoms with Gasteiger partial charge in [0.2, 0.25) is 11.8 Å². The van der Waals surface area contributed by atoms with Gasteiger partial charge in [-0.15, -0.1) is 0 Å². The van der Waals surface area contributed by atoms with Crippen LogP contribution in [0.3, 0.4) is 0 Å². The molecule has 11 heteroatoms. The van der Waals surface area contributed by atoms with E-state index in [4.69, 9.17) is 4.74 Å². The summed E-state index contributed by atoms with van der Waals surface area (Å²) in [5.74, 6) is -0.871. The number of nitrogens with zero attached hydrogens (tertiary/aromatic N) is 3. The highest BCUT2D eigenvalue weighted by molar-refractivity contribution is 7.90. The summed E-state index contributed by atoms with van der Waals surface area (Å²) in [4.78, 5) is 27.8. The quantitative estimate of drug-likeness (QED) is 0.475. The predicted molar refractivity (Wildman–Crippen MR) is 133 cm³/mol. The largest absolute Gasteiger partial charge is 0.497 e. The summed E-state index contributed by atoms with van der Waals surface area (Å²) in [6, 6.07) is 11.1. The van der Waals surface area contributed by atoms with Crippen molar-refractivity contribution in [2.75, 3.05) is 38.6 Å². The Morgan fingerprint density at radius 1 is 1.09 bits per heavy atom. The van der Waals surface area contributed by atoms with Crippen molar-refractivity contribution in [3.05, 3.63) is 59.9 Å². The smallest absolute Gasteiger partial charge is 0.304 e. The predicted octanol–water partition coefficient (Wildman–Crippen LogP) is 2.39. The van der Waals surface area contributed by atoms with Gasteiger partial charge in [0.1, 0.15) is 24.2 Å². The monoisotopic (exact) mass is 508 g/mol. The average Bonchev–Trinajstić information content (AvgIpc) is 2.83. The molecule has 0 aliphatic carbocycles. The zero-order valence-electron chi connectivity index (χ0n) is 20.7. The van der Waals surface area contributed by atoms with Gasteiger partial charge < -0.3 is 15.0 Å². The molecule has 0 saturated heterocycles. The highest BCUT2D eigenvalue weighted by Crippen LogP contribution is 2.22. The van der Waals surface area contributed by atoms with E-state index in [1.165, 1.54) is 38.2 Å². The lowest BCUT2D eigenvalue weighted by molar-refractivity contribution is -0.140. The minimum atomic E-state index is -4.10. The molecule has 1 atom stereocenters. The first-order chi connectivity index (χ1) is 16.5. The standard InChI is InChI=1S/C24H33FN4O5S/c1-6-22(24(31)26-7-2)28(16-18-9-8-10-21(15-18)34-5)23(30)17-29(35(32,33)27(3)4)20-13-11-19(25)12-14-20/h8-15,22H,6-7,16-17H2,1-5H3,(H,26,31). The first-order valence-corrected chi connectivity index (χ1v) is 12.6. The van der Waals surface area contributed by atoms with Crippen molar-refractivity contribution >= 4 is 27.7 Å². The van der Waals surface area contributed by atoms with Crippen LogP contribution >= 0.6 is 0 Å². The number of benzene rings is 2. The van der Waals surface area contributed by atoms with E-state index < -0.39 is 34.5 Å². The molecule has 2 amide bonds. The molecular formula is C24H33FN4O5S. The molecule has 9 nitrogen and oxygen atoms in total. The highest BCUT2D eigenvalue weighted by Gasteiger charge is 2.33. The molecule has 1 unspecified atom stereocenters. The van der Waals surface area contributed by atoms with E-state index in [1.54, 1.807) is 38.1 Å². The van der Waals surface area contributed by atoms with Crippen LogP contribution in [0.15, 0.2) is 48.5 Å². The summed E-state index contributed by atoms with van der Waals surface area (Å²) < 4.78 is 46.8. The first-order valence-electron chi connectivity index (χ1n) is 11.2. The van der Waals surface area contributed by atoms with Crippen LogP contribution in [0, 0.1) is 5.82 Å². The van der Waals surface area contributed by atoms with Gasteiger partial charge in [0.05, 0.1) is 12.8 Å². The molecule has 1 N–H and O–H groups in total. The Balaban J connectivity index is 2.50. The third-order valence-corrected chi connectivity index (χ3v) is 7.18. The van der Waals surface area contributed by atoms with Crippen LogP contribution in [0.25, 0.3) is 0 Å². The van der Waals surface area contributed by atoms with Crippen molar-refractivity contribution in [2.24, 2.45) is 0 Å². The maximum Gasteiger partial charge on any atom is 0.304 e. The molecule has 0 spiro atoms. The van der Waals surface area contributed by atoms with Crippen LogP contribution in [0.4, 0.5) is 10.1 Å². The maximum absolute atomic E-state index is 13.6. The Hall–Kier alpha value is -3.18. The average molecular weight is 509 g/mol. The minimum absolute atomic E-state index is 0.0605. The maximum atomic E-state index is 13.6. The summed E-state index contributed by atoms with van der Waals surface area (Å²) in [5, 5.41) is 2.74. The van der Waals surface area contributed by atoms with E-state index in [2.05, 4.69) is 5.32 Å². The molecular weight excluding hydrogens is 475 g/mol. The molecule has 35 heavy (non-hydrogen) atoms. The molecule has 2 rings (SSSR count). The molecule has 0 fully saturated rings. The minimum Gasteiger partial charge on any atom is -0.497 e. The van der Waals surface area contributed by atoms with Crippen LogP contribution < -0.4 is 14.4 Å². The number of halogens is 1. The van der Waals surface area contributed by atoms with Gasteiger partial charge >= 0.3 is 10.2 Å². The number of rotatable bonds is 12. The summed E-state index contributed by atoms with van der Waals surface area (Å²) in [6.45, 7) is 3.42. The van der Waals surface area contributed by atoms with Gasteiger partial charge in [-0.2, -0.15) is 12.7 Å². The van der Waals surface area contributed by atoms with E-state index in [0.717, 1.165) is 20.7 Å². The number of hydrogen-bond donors (Lipinski definition) is 1. The number of ether oxygens (including phenoxy) is 1. The lowest BCUT2D eigenvalue weighted by Gasteiger charge is -2.33. The van der Waals surface area contributed by atoms with Crippen LogP contribution in [0.2, 0.25) is 0 Å². The fraction of sp³-hybridized carbons (Fsp3) is 0.417. The molecule has 0 aromatic heterocycles.